The summed E-state index contributed by atoms with van der Waals surface area (Å²) in [6, 6.07) is 17.0. The molecule has 27 heavy (non-hydrogen) atoms. The molecule has 1 unspecified atom stereocenters. The van der Waals surface area contributed by atoms with Gasteiger partial charge in [-0.15, -0.1) is 6.58 Å². The van der Waals surface area contributed by atoms with E-state index in [1.165, 1.54) is 0 Å². The van der Waals surface area contributed by atoms with Gasteiger partial charge in [-0.1, -0.05) is 59.7 Å². The van der Waals surface area contributed by atoms with E-state index in [-0.39, 0.29) is 23.7 Å². The van der Waals surface area contributed by atoms with Crippen LogP contribution in [0, 0.1) is 11.8 Å². The van der Waals surface area contributed by atoms with E-state index in [1.54, 1.807) is 24.3 Å². The number of carbonyl (C=O) groups is 1. The lowest BCUT2D eigenvalue weighted by Gasteiger charge is -2.33. The predicted molar refractivity (Wildman–Crippen MR) is 106 cm³/mol. The van der Waals surface area contributed by atoms with Crippen molar-refractivity contribution in [2.75, 3.05) is 0 Å². The van der Waals surface area contributed by atoms with E-state index in [1.807, 2.05) is 24.3 Å². The number of rotatable bonds is 7. The second-order valence-electron chi connectivity index (χ2n) is 6.84. The molecule has 0 bridgehead atoms. The van der Waals surface area contributed by atoms with Gasteiger partial charge in [0.05, 0.1) is 12.7 Å². The minimum Gasteiger partial charge on any atom is -0.374 e. The van der Waals surface area contributed by atoms with Gasteiger partial charge >= 0.3 is 0 Å². The van der Waals surface area contributed by atoms with Gasteiger partial charge in [-0.2, -0.15) is 0 Å². The first kappa shape index (κ1) is 18.9. The maximum absolute atomic E-state index is 13.0. The summed E-state index contributed by atoms with van der Waals surface area (Å²) in [7, 11) is 0. The number of azide groups is 1. The summed E-state index contributed by atoms with van der Waals surface area (Å²) < 4.78 is 6.07. The van der Waals surface area contributed by atoms with Crippen molar-refractivity contribution in [2.45, 2.75) is 32.0 Å². The topological polar surface area (TPSA) is 75.1 Å². The highest BCUT2D eigenvalue weighted by molar-refractivity contribution is 5.98. The van der Waals surface area contributed by atoms with Gasteiger partial charge in [0.15, 0.2) is 5.78 Å². The summed E-state index contributed by atoms with van der Waals surface area (Å²) in [5.74, 6) is 0.0481. The molecule has 0 radical (unpaired) electrons. The van der Waals surface area contributed by atoms with E-state index >= 15 is 0 Å². The molecule has 0 saturated heterocycles. The second-order valence-corrected chi connectivity index (χ2v) is 6.84. The molecule has 5 heteroatoms. The second kappa shape index (κ2) is 9.17. The van der Waals surface area contributed by atoms with Crippen LogP contribution in [0.25, 0.3) is 10.4 Å². The lowest BCUT2D eigenvalue weighted by atomic mass is 9.74. The Morgan fingerprint density at radius 3 is 2.78 bits per heavy atom. The summed E-state index contributed by atoms with van der Waals surface area (Å²) in [4.78, 5) is 15.8. The van der Waals surface area contributed by atoms with Crippen LogP contribution in [0.15, 0.2) is 72.4 Å². The number of carbonyl (C=O) groups excluding carboxylic acids is 1. The Labute approximate surface area is 159 Å². The molecule has 3 atom stereocenters. The minimum absolute atomic E-state index is 0.0788. The zero-order valence-electron chi connectivity index (χ0n) is 15.2. The average molecular weight is 361 g/mol. The quantitative estimate of drug-likeness (QED) is 0.199. The molecule has 0 spiro atoms. The van der Waals surface area contributed by atoms with E-state index in [0.717, 1.165) is 24.8 Å². The number of ether oxygens (including phenoxy) is 1. The van der Waals surface area contributed by atoms with Gasteiger partial charge in [0.2, 0.25) is 0 Å². The highest BCUT2D eigenvalue weighted by Crippen LogP contribution is 2.35. The van der Waals surface area contributed by atoms with Crippen LogP contribution in [0.2, 0.25) is 0 Å². The number of Topliss-reactive ketones (excluding diaryl/α,β-unsaturated/α-hetero) is 1. The summed E-state index contributed by atoms with van der Waals surface area (Å²) in [5, 5.41) is 3.59. The SMILES string of the molecule is C=C[C@H]1C[C@H](OCc2ccccc2)CCC1C(=O)c1cccc(N=[N+]=[N-])c1. The van der Waals surface area contributed by atoms with E-state index in [4.69, 9.17) is 10.3 Å². The third kappa shape index (κ3) is 4.85. The molecule has 0 amide bonds. The average Bonchev–Trinajstić information content (AvgIpc) is 2.72. The Morgan fingerprint density at radius 1 is 1.22 bits per heavy atom. The first-order valence-corrected chi connectivity index (χ1v) is 9.18. The van der Waals surface area contributed by atoms with Gasteiger partial charge in [0, 0.05) is 22.1 Å². The number of hydrogen-bond acceptors (Lipinski definition) is 3. The maximum Gasteiger partial charge on any atom is 0.166 e. The van der Waals surface area contributed by atoms with Gasteiger partial charge in [-0.3, -0.25) is 4.79 Å². The standard InChI is InChI=1S/C22H23N3O2/c1-2-17-14-20(27-15-16-7-4-3-5-8-16)11-12-21(17)22(26)18-9-6-10-19(13-18)24-25-23/h2-10,13,17,20-21H,1,11-12,14-15H2/t17-,20+,21?/m0/s1. The van der Waals surface area contributed by atoms with Crippen LogP contribution in [0.5, 0.6) is 0 Å². The molecular formula is C22H23N3O2. The van der Waals surface area contributed by atoms with Crippen molar-refractivity contribution in [1.82, 2.24) is 0 Å². The molecule has 1 fully saturated rings. The van der Waals surface area contributed by atoms with Gasteiger partial charge in [0.1, 0.15) is 0 Å². The first-order chi connectivity index (χ1) is 13.2. The zero-order chi connectivity index (χ0) is 19.1. The number of hydrogen-bond donors (Lipinski definition) is 0. The molecule has 5 nitrogen and oxygen atoms in total. The van der Waals surface area contributed by atoms with Crippen molar-refractivity contribution in [2.24, 2.45) is 17.0 Å². The monoisotopic (exact) mass is 361 g/mol. The van der Waals surface area contributed by atoms with Crippen LogP contribution in [0.1, 0.15) is 35.2 Å². The fourth-order valence-electron chi connectivity index (χ4n) is 3.68. The van der Waals surface area contributed by atoms with Gasteiger partial charge < -0.3 is 4.74 Å². The fourth-order valence-corrected chi connectivity index (χ4v) is 3.68. The van der Waals surface area contributed by atoms with Crippen molar-refractivity contribution in [3.63, 3.8) is 0 Å². The first-order valence-electron chi connectivity index (χ1n) is 9.18. The molecule has 1 saturated carbocycles. The number of allylic oxidation sites excluding steroid dienone is 1. The highest BCUT2D eigenvalue weighted by Gasteiger charge is 2.34. The minimum atomic E-state index is -0.111. The molecular weight excluding hydrogens is 338 g/mol. The summed E-state index contributed by atoms with van der Waals surface area (Å²) in [5.41, 5.74) is 10.8. The van der Waals surface area contributed by atoms with Crippen LogP contribution < -0.4 is 0 Å². The number of nitrogens with zero attached hydrogens (tertiary/aromatic N) is 3. The summed E-state index contributed by atoms with van der Waals surface area (Å²) in [6.45, 7) is 4.52. The van der Waals surface area contributed by atoms with Crippen LogP contribution in [-0.4, -0.2) is 11.9 Å². The lowest BCUT2D eigenvalue weighted by Crippen LogP contribution is -2.33. The van der Waals surface area contributed by atoms with Crippen LogP contribution in [0.3, 0.4) is 0 Å². The third-order valence-electron chi connectivity index (χ3n) is 5.11. The molecule has 2 aromatic carbocycles. The Bertz CT molecular complexity index is 844. The normalized spacial score (nSPS) is 21.9. The Hall–Kier alpha value is -2.88. The van der Waals surface area contributed by atoms with Crippen molar-refractivity contribution in [1.29, 1.82) is 0 Å². The summed E-state index contributed by atoms with van der Waals surface area (Å²) in [6.07, 6.45) is 4.41. The van der Waals surface area contributed by atoms with E-state index in [2.05, 4.69) is 28.7 Å². The molecule has 0 aliphatic heterocycles. The van der Waals surface area contributed by atoms with Crippen LogP contribution >= 0.6 is 0 Å². The lowest BCUT2D eigenvalue weighted by molar-refractivity contribution is -0.00298. The largest absolute Gasteiger partial charge is 0.374 e. The molecule has 138 valence electrons. The fraction of sp³-hybridized carbons (Fsp3) is 0.318. The molecule has 0 heterocycles. The molecule has 1 aliphatic rings. The van der Waals surface area contributed by atoms with Crippen LogP contribution in [0.4, 0.5) is 5.69 Å². The smallest absolute Gasteiger partial charge is 0.166 e. The molecule has 3 rings (SSSR count). The van der Waals surface area contributed by atoms with Gasteiger partial charge in [0.25, 0.3) is 0 Å². The van der Waals surface area contributed by atoms with Crippen molar-refractivity contribution in [3.05, 3.63) is 88.8 Å². The Kier molecular flexibility index (Phi) is 6.42. The Balaban J connectivity index is 1.64. The molecule has 2 aromatic rings. The molecule has 0 aromatic heterocycles. The predicted octanol–water partition coefficient (Wildman–Crippen LogP) is 6.00. The third-order valence-corrected chi connectivity index (χ3v) is 5.11. The van der Waals surface area contributed by atoms with Crippen molar-refractivity contribution < 1.29 is 9.53 Å². The van der Waals surface area contributed by atoms with Crippen molar-refractivity contribution in [3.8, 4) is 0 Å². The highest BCUT2D eigenvalue weighted by atomic mass is 16.5. The van der Waals surface area contributed by atoms with Gasteiger partial charge in [-0.05, 0) is 42.3 Å². The number of ketones is 1. The zero-order valence-corrected chi connectivity index (χ0v) is 15.2. The van der Waals surface area contributed by atoms with Gasteiger partial charge in [-0.25, -0.2) is 0 Å². The maximum atomic E-state index is 13.0. The molecule has 1 aliphatic carbocycles. The number of benzene rings is 2. The van der Waals surface area contributed by atoms with Crippen LogP contribution in [-0.2, 0) is 11.3 Å². The van der Waals surface area contributed by atoms with Crippen molar-refractivity contribution >= 4 is 11.5 Å². The van der Waals surface area contributed by atoms with E-state index < -0.39 is 0 Å². The summed E-state index contributed by atoms with van der Waals surface area (Å²) >= 11 is 0. The Morgan fingerprint density at radius 2 is 2.04 bits per heavy atom. The van der Waals surface area contributed by atoms with E-state index in [0.29, 0.717) is 17.9 Å². The van der Waals surface area contributed by atoms with E-state index in [9.17, 15) is 4.79 Å². The molecule has 0 N–H and O–H groups in total.